The fourth-order valence-corrected chi connectivity index (χ4v) is 3.32. The van der Waals surface area contributed by atoms with E-state index in [9.17, 15) is 4.79 Å². The highest BCUT2D eigenvalue weighted by Gasteiger charge is 2.24. The van der Waals surface area contributed by atoms with Gasteiger partial charge >= 0.3 is 0 Å². The average Bonchev–Trinajstić information content (AvgIpc) is 3.10. The van der Waals surface area contributed by atoms with Gasteiger partial charge < -0.3 is 20.4 Å². The van der Waals surface area contributed by atoms with Crippen LogP contribution in [0.5, 0.6) is 0 Å². The lowest BCUT2D eigenvalue weighted by molar-refractivity contribution is -0.131. The number of carbonyl (C=O) groups excluding carboxylic acids is 1. The van der Waals surface area contributed by atoms with Crippen LogP contribution in [-0.2, 0) is 4.79 Å². The molecule has 2 heterocycles. The smallest absolute Gasteiger partial charge is 0.236 e. The zero-order valence-corrected chi connectivity index (χ0v) is 16.5. The van der Waals surface area contributed by atoms with Gasteiger partial charge in [0.2, 0.25) is 5.91 Å². The molecule has 0 atom stereocenters. The van der Waals surface area contributed by atoms with Crippen LogP contribution in [0, 0.1) is 0 Å². The zero-order chi connectivity index (χ0) is 18.3. The Kier molecular flexibility index (Phi) is 7.50. The maximum absolute atomic E-state index is 12.3. The van der Waals surface area contributed by atoms with Crippen molar-refractivity contribution in [3.05, 3.63) is 0 Å². The summed E-state index contributed by atoms with van der Waals surface area (Å²) >= 11 is 0. The van der Waals surface area contributed by atoms with Crippen LogP contribution in [0.1, 0.15) is 33.6 Å². The minimum absolute atomic E-state index is 0.138. The molecule has 2 aliphatic rings. The van der Waals surface area contributed by atoms with Crippen LogP contribution in [0.3, 0.4) is 0 Å². The van der Waals surface area contributed by atoms with Gasteiger partial charge in [0.05, 0.1) is 6.54 Å². The first-order valence-electron chi connectivity index (χ1n) is 9.60. The number of likely N-dealkylation sites (tertiary alicyclic amines) is 1. The first-order chi connectivity index (χ1) is 11.9. The van der Waals surface area contributed by atoms with E-state index in [1.165, 1.54) is 0 Å². The molecule has 7 nitrogen and oxygen atoms in total. The predicted molar refractivity (Wildman–Crippen MR) is 103 cm³/mol. The van der Waals surface area contributed by atoms with E-state index in [0.717, 1.165) is 71.2 Å². The molecule has 25 heavy (non-hydrogen) atoms. The SMILES string of the molecule is CN=C(NCCNC(C)(C)C)N1CCN(CC(=O)N2CCCC2)CC1. The fraction of sp³-hybridized carbons (Fsp3) is 0.889. The molecule has 0 aliphatic carbocycles. The maximum Gasteiger partial charge on any atom is 0.236 e. The summed E-state index contributed by atoms with van der Waals surface area (Å²) in [5.74, 6) is 1.25. The third-order valence-corrected chi connectivity index (χ3v) is 4.76. The highest BCUT2D eigenvalue weighted by Crippen LogP contribution is 2.09. The Balaban J connectivity index is 1.67. The van der Waals surface area contributed by atoms with E-state index >= 15 is 0 Å². The van der Waals surface area contributed by atoms with Gasteiger partial charge in [0.15, 0.2) is 5.96 Å². The number of aliphatic imine (C=N–C) groups is 1. The number of hydrogen-bond donors (Lipinski definition) is 2. The molecule has 0 aromatic carbocycles. The monoisotopic (exact) mass is 352 g/mol. The van der Waals surface area contributed by atoms with Gasteiger partial charge in [0, 0.05) is 64.9 Å². The van der Waals surface area contributed by atoms with Gasteiger partial charge in [-0.2, -0.15) is 0 Å². The van der Waals surface area contributed by atoms with Crippen molar-refractivity contribution in [3.63, 3.8) is 0 Å². The maximum atomic E-state index is 12.3. The van der Waals surface area contributed by atoms with Crippen LogP contribution in [-0.4, -0.2) is 98.1 Å². The first-order valence-corrected chi connectivity index (χ1v) is 9.60. The van der Waals surface area contributed by atoms with E-state index in [2.05, 4.69) is 46.2 Å². The van der Waals surface area contributed by atoms with Gasteiger partial charge in [0.25, 0.3) is 0 Å². The molecule has 2 saturated heterocycles. The summed E-state index contributed by atoms with van der Waals surface area (Å²) in [6.45, 7) is 14.4. The van der Waals surface area contributed by atoms with Crippen molar-refractivity contribution in [2.45, 2.75) is 39.2 Å². The highest BCUT2D eigenvalue weighted by atomic mass is 16.2. The molecule has 0 unspecified atom stereocenters. The molecule has 0 aromatic heterocycles. The number of amides is 1. The molecule has 2 rings (SSSR count). The molecule has 2 aliphatic heterocycles. The molecule has 1 amide bonds. The second-order valence-corrected chi connectivity index (χ2v) is 8.00. The molecular formula is C18H36N6O. The summed E-state index contributed by atoms with van der Waals surface area (Å²) in [5.41, 5.74) is 0.138. The quantitative estimate of drug-likeness (QED) is 0.420. The van der Waals surface area contributed by atoms with Crippen molar-refractivity contribution in [3.8, 4) is 0 Å². The lowest BCUT2D eigenvalue weighted by Gasteiger charge is -2.36. The number of nitrogens with zero attached hydrogens (tertiary/aromatic N) is 4. The van der Waals surface area contributed by atoms with Crippen LogP contribution in [0.15, 0.2) is 4.99 Å². The van der Waals surface area contributed by atoms with Crippen molar-refractivity contribution in [2.75, 3.05) is 66.0 Å². The van der Waals surface area contributed by atoms with Crippen LogP contribution in [0.2, 0.25) is 0 Å². The third kappa shape index (κ3) is 6.82. The largest absolute Gasteiger partial charge is 0.355 e. The van der Waals surface area contributed by atoms with Crippen molar-refractivity contribution < 1.29 is 4.79 Å². The van der Waals surface area contributed by atoms with Gasteiger partial charge in [-0.25, -0.2) is 0 Å². The molecule has 0 radical (unpaired) electrons. The van der Waals surface area contributed by atoms with Gasteiger partial charge in [-0.15, -0.1) is 0 Å². The summed E-state index contributed by atoms with van der Waals surface area (Å²) in [5, 5.41) is 6.91. The molecule has 2 N–H and O–H groups in total. The number of piperazine rings is 1. The van der Waals surface area contributed by atoms with Gasteiger partial charge in [-0.3, -0.25) is 14.7 Å². The Bertz CT molecular complexity index is 445. The summed E-state index contributed by atoms with van der Waals surface area (Å²) in [6.07, 6.45) is 2.32. The molecule has 0 aromatic rings. The van der Waals surface area contributed by atoms with Crippen molar-refractivity contribution >= 4 is 11.9 Å². The van der Waals surface area contributed by atoms with Gasteiger partial charge in [0.1, 0.15) is 0 Å². The first kappa shape index (κ1) is 20.0. The zero-order valence-electron chi connectivity index (χ0n) is 16.5. The molecule has 7 heteroatoms. The van der Waals surface area contributed by atoms with Crippen LogP contribution in [0.25, 0.3) is 0 Å². The molecule has 0 saturated carbocycles. The molecule has 144 valence electrons. The second-order valence-electron chi connectivity index (χ2n) is 8.00. The Morgan fingerprint density at radius 2 is 1.60 bits per heavy atom. The fourth-order valence-electron chi connectivity index (χ4n) is 3.32. The Hall–Kier alpha value is -1.34. The second kappa shape index (κ2) is 9.38. The summed E-state index contributed by atoms with van der Waals surface area (Å²) in [7, 11) is 1.84. The highest BCUT2D eigenvalue weighted by molar-refractivity contribution is 5.80. The average molecular weight is 353 g/mol. The van der Waals surface area contributed by atoms with Gasteiger partial charge in [-0.05, 0) is 33.6 Å². The normalized spacial score (nSPS) is 20.2. The van der Waals surface area contributed by atoms with Crippen LogP contribution >= 0.6 is 0 Å². The minimum atomic E-state index is 0.138. The summed E-state index contributed by atoms with van der Waals surface area (Å²) in [6, 6.07) is 0. The summed E-state index contributed by atoms with van der Waals surface area (Å²) < 4.78 is 0. The van der Waals surface area contributed by atoms with E-state index in [0.29, 0.717) is 12.5 Å². The van der Waals surface area contributed by atoms with Crippen LogP contribution in [0.4, 0.5) is 0 Å². The molecule has 2 fully saturated rings. The van der Waals surface area contributed by atoms with Crippen molar-refractivity contribution in [1.29, 1.82) is 0 Å². The third-order valence-electron chi connectivity index (χ3n) is 4.76. The standard InChI is InChI=1S/C18H36N6O/c1-18(2,3)21-8-7-20-17(19-4)24-13-11-22(12-14-24)15-16(25)23-9-5-6-10-23/h21H,5-15H2,1-4H3,(H,19,20). The van der Waals surface area contributed by atoms with E-state index in [1.54, 1.807) is 0 Å². The van der Waals surface area contributed by atoms with E-state index in [1.807, 2.05) is 11.9 Å². The summed E-state index contributed by atoms with van der Waals surface area (Å²) in [4.78, 5) is 23.2. The number of rotatable bonds is 5. The Morgan fingerprint density at radius 1 is 0.960 bits per heavy atom. The molecule has 0 spiro atoms. The van der Waals surface area contributed by atoms with E-state index in [4.69, 9.17) is 0 Å². The number of nitrogens with one attached hydrogen (secondary N) is 2. The number of guanidine groups is 1. The van der Waals surface area contributed by atoms with Gasteiger partial charge in [-0.1, -0.05) is 0 Å². The Labute approximate surface area is 152 Å². The molecule has 0 bridgehead atoms. The molecular weight excluding hydrogens is 316 g/mol. The minimum Gasteiger partial charge on any atom is -0.355 e. The van der Waals surface area contributed by atoms with Crippen molar-refractivity contribution in [2.24, 2.45) is 4.99 Å². The number of hydrogen-bond acceptors (Lipinski definition) is 4. The predicted octanol–water partition coefficient (Wildman–Crippen LogP) is 0.190. The topological polar surface area (TPSA) is 63.2 Å². The van der Waals surface area contributed by atoms with E-state index in [-0.39, 0.29) is 5.54 Å². The lowest BCUT2D eigenvalue weighted by Crippen LogP contribution is -2.54. The van der Waals surface area contributed by atoms with Crippen LogP contribution < -0.4 is 10.6 Å². The van der Waals surface area contributed by atoms with Crippen molar-refractivity contribution in [1.82, 2.24) is 25.3 Å². The lowest BCUT2D eigenvalue weighted by atomic mass is 10.1. The van der Waals surface area contributed by atoms with E-state index < -0.39 is 0 Å². The Morgan fingerprint density at radius 3 is 2.16 bits per heavy atom. The number of carbonyl (C=O) groups is 1.